The maximum Gasteiger partial charge on any atom is 0.254 e. The van der Waals surface area contributed by atoms with E-state index in [1.54, 1.807) is 6.07 Å². The topological polar surface area (TPSA) is 71.5 Å². The van der Waals surface area contributed by atoms with Gasteiger partial charge in [0.05, 0.1) is 23.4 Å². The molecule has 0 saturated carbocycles. The zero-order valence-corrected chi connectivity index (χ0v) is 15.7. The summed E-state index contributed by atoms with van der Waals surface area (Å²) in [5, 5.41) is 3.23. The lowest BCUT2D eigenvalue weighted by atomic mass is 10.1. The van der Waals surface area contributed by atoms with Crippen LogP contribution in [-0.2, 0) is 9.53 Å². The third-order valence-electron chi connectivity index (χ3n) is 4.44. The highest BCUT2D eigenvalue weighted by molar-refractivity contribution is 7.22. The van der Waals surface area contributed by atoms with Crippen LogP contribution in [0.2, 0.25) is 0 Å². The van der Waals surface area contributed by atoms with Gasteiger partial charge in [0.15, 0.2) is 5.13 Å². The quantitative estimate of drug-likeness (QED) is 0.754. The molecule has 0 aliphatic carbocycles. The number of carbonyl (C=O) groups excluding carboxylic acids is 2. The lowest BCUT2D eigenvalue weighted by Crippen LogP contribution is -2.42. The molecule has 0 spiro atoms. The van der Waals surface area contributed by atoms with Gasteiger partial charge in [-0.1, -0.05) is 41.7 Å². The average Bonchev–Trinajstić information content (AvgIpc) is 3.08. The molecule has 0 unspecified atom stereocenters. The number of benzene rings is 2. The molecule has 1 aliphatic rings. The Balaban J connectivity index is 1.54. The van der Waals surface area contributed by atoms with Gasteiger partial charge < -0.3 is 15.0 Å². The van der Waals surface area contributed by atoms with Crippen molar-refractivity contribution in [3.05, 3.63) is 59.7 Å². The molecule has 0 bridgehead atoms. The fourth-order valence-electron chi connectivity index (χ4n) is 3.15. The van der Waals surface area contributed by atoms with E-state index in [-0.39, 0.29) is 17.9 Å². The van der Waals surface area contributed by atoms with Crippen LogP contribution in [0.3, 0.4) is 0 Å². The van der Waals surface area contributed by atoms with Crippen LogP contribution in [0.15, 0.2) is 48.5 Å². The number of amides is 2. The molecule has 2 heterocycles. The van der Waals surface area contributed by atoms with Crippen molar-refractivity contribution < 1.29 is 14.3 Å². The van der Waals surface area contributed by atoms with Gasteiger partial charge >= 0.3 is 0 Å². The van der Waals surface area contributed by atoms with Gasteiger partial charge in [0, 0.05) is 19.0 Å². The summed E-state index contributed by atoms with van der Waals surface area (Å²) < 4.78 is 6.72. The highest BCUT2D eigenvalue weighted by atomic mass is 32.1. The van der Waals surface area contributed by atoms with Gasteiger partial charge in [-0.2, -0.15) is 0 Å². The van der Waals surface area contributed by atoms with Crippen LogP contribution in [-0.4, -0.2) is 41.4 Å². The number of rotatable bonds is 3. The number of anilines is 1. The van der Waals surface area contributed by atoms with Gasteiger partial charge in [-0.05, 0) is 23.8 Å². The van der Waals surface area contributed by atoms with Crippen LogP contribution in [0.25, 0.3) is 10.2 Å². The number of nitrogens with zero attached hydrogens (tertiary/aromatic N) is 2. The molecular formula is C20H19N3O3S. The lowest BCUT2D eigenvalue weighted by Gasteiger charge is -2.33. The van der Waals surface area contributed by atoms with E-state index in [4.69, 9.17) is 4.74 Å². The molecule has 1 saturated heterocycles. The molecule has 1 fully saturated rings. The number of hydrogen-bond acceptors (Lipinski definition) is 5. The standard InChI is InChI=1S/C20H19N3O3S/c1-13(24)21-20-22-16-8-7-15(11-18(16)27-20)19(25)23-9-10-26-17(12-23)14-5-3-2-4-6-14/h2-8,11,17H,9-10,12H2,1H3,(H,21,22,24)/t17-/m1/s1. The first-order valence-electron chi connectivity index (χ1n) is 8.74. The summed E-state index contributed by atoms with van der Waals surface area (Å²) >= 11 is 1.36. The smallest absolute Gasteiger partial charge is 0.254 e. The molecule has 1 aliphatic heterocycles. The molecule has 2 amide bonds. The zero-order valence-electron chi connectivity index (χ0n) is 14.8. The minimum atomic E-state index is -0.161. The van der Waals surface area contributed by atoms with Crippen molar-refractivity contribution >= 4 is 38.5 Å². The summed E-state index contributed by atoms with van der Waals surface area (Å²) in [6, 6.07) is 15.4. The summed E-state index contributed by atoms with van der Waals surface area (Å²) in [6.45, 7) is 3.06. The van der Waals surface area contributed by atoms with Gasteiger partial charge in [0.1, 0.15) is 6.10 Å². The normalized spacial score (nSPS) is 17.1. The molecule has 4 rings (SSSR count). The summed E-state index contributed by atoms with van der Waals surface area (Å²) in [4.78, 5) is 30.4. The molecule has 1 atom stereocenters. The van der Waals surface area contributed by atoms with Crippen molar-refractivity contribution in [2.24, 2.45) is 0 Å². The molecule has 0 radical (unpaired) electrons. The summed E-state index contributed by atoms with van der Waals surface area (Å²) in [7, 11) is 0. The molecular weight excluding hydrogens is 362 g/mol. The van der Waals surface area contributed by atoms with Gasteiger partial charge in [-0.15, -0.1) is 0 Å². The van der Waals surface area contributed by atoms with Crippen molar-refractivity contribution in [3.63, 3.8) is 0 Å². The molecule has 2 aromatic carbocycles. The van der Waals surface area contributed by atoms with E-state index in [0.29, 0.717) is 30.4 Å². The molecule has 1 N–H and O–H groups in total. The molecule has 7 heteroatoms. The summed E-state index contributed by atoms with van der Waals surface area (Å²) in [5.74, 6) is -0.179. The minimum absolute atomic E-state index is 0.0180. The monoisotopic (exact) mass is 381 g/mol. The maximum atomic E-state index is 13.0. The van der Waals surface area contributed by atoms with Crippen molar-refractivity contribution in [2.75, 3.05) is 25.0 Å². The number of nitrogens with one attached hydrogen (secondary N) is 1. The first kappa shape index (κ1) is 17.6. The van der Waals surface area contributed by atoms with E-state index in [0.717, 1.165) is 15.8 Å². The Morgan fingerprint density at radius 3 is 2.81 bits per heavy atom. The van der Waals surface area contributed by atoms with E-state index in [2.05, 4.69) is 10.3 Å². The van der Waals surface area contributed by atoms with Crippen LogP contribution in [0.4, 0.5) is 5.13 Å². The Labute approximate surface area is 160 Å². The Morgan fingerprint density at radius 1 is 1.22 bits per heavy atom. The van der Waals surface area contributed by atoms with E-state index in [9.17, 15) is 9.59 Å². The van der Waals surface area contributed by atoms with E-state index < -0.39 is 0 Å². The number of ether oxygens (including phenoxy) is 1. The van der Waals surface area contributed by atoms with Gasteiger partial charge in [-0.25, -0.2) is 4.98 Å². The van der Waals surface area contributed by atoms with Crippen molar-refractivity contribution in [1.29, 1.82) is 0 Å². The number of carbonyl (C=O) groups is 2. The van der Waals surface area contributed by atoms with Crippen molar-refractivity contribution in [3.8, 4) is 0 Å². The second-order valence-corrected chi connectivity index (χ2v) is 7.43. The molecule has 138 valence electrons. The Kier molecular flexibility index (Phi) is 4.87. The van der Waals surface area contributed by atoms with Crippen LogP contribution < -0.4 is 5.32 Å². The minimum Gasteiger partial charge on any atom is -0.370 e. The van der Waals surface area contributed by atoms with Gasteiger partial charge in [0.2, 0.25) is 5.91 Å². The average molecular weight is 381 g/mol. The fourth-order valence-corrected chi connectivity index (χ4v) is 4.10. The summed E-state index contributed by atoms with van der Waals surface area (Å²) in [5.41, 5.74) is 2.46. The van der Waals surface area contributed by atoms with Crippen molar-refractivity contribution in [2.45, 2.75) is 13.0 Å². The Morgan fingerprint density at radius 2 is 2.04 bits per heavy atom. The fraction of sp³-hybridized carbons (Fsp3) is 0.250. The number of morpholine rings is 1. The predicted octanol–water partition coefficient (Wildman–Crippen LogP) is 3.47. The SMILES string of the molecule is CC(=O)Nc1nc2ccc(C(=O)N3CCO[C@@H](c4ccccc4)C3)cc2s1. The number of thiazole rings is 1. The number of fused-ring (bicyclic) bond motifs is 1. The van der Waals surface area contributed by atoms with Crippen LogP contribution >= 0.6 is 11.3 Å². The molecule has 1 aromatic heterocycles. The van der Waals surface area contributed by atoms with E-state index >= 15 is 0 Å². The predicted molar refractivity (Wildman–Crippen MR) is 105 cm³/mol. The molecule has 3 aromatic rings. The third-order valence-corrected chi connectivity index (χ3v) is 5.38. The first-order chi connectivity index (χ1) is 13.1. The van der Waals surface area contributed by atoms with Crippen LogP contribution in [0.1, 0.15) is 28.9 Å². The van der Waals surface area contributed by atoms with Crippen molar-refractivity contribution in [1.82, 2.24) is 9.88 Å². The highest BCUT2D eigenvalue weighted by Crippen LogP contribution is 2.28. The van der Waals surface area contributed by atoms with Crippen LogP contribution in [0, 0.1) is 0 Å². The second-order valence-electron chi connectivity index (χ2n) is 6.40. The molecule has 6 nitrogen and oxygen atoms in total. The Hall–Kier alpha value is -2.77. The zero-order chi connectivity index (χ0) is 18.8. The first-order valence-corrected chi connectivity index (χ1v) is 9.56. The van der Waals surface area contributed by atoms with Crippen LogP contribution in [0.5, 0.6) is 0 Å². The Bertz CT molecular complexity index is 987. The summed E-state index contributed by atoms with van der Waals surface area (Å²) in [6.07, 6.45) is -0.109. The highest BCUT2D eigenvalue weighted by Gasteiger charge is 2.26. The third kappa shape index (κ3) is 3.84. The van der Waals surface area contributed by atoms with E-state index in [1.165, 1.54) is 18.3 Å². The number of hydrogen-bond donors (Lipinski definition) is 1. The second kappa shape index (κ2) is 7.46. The maximum absolute atomic E-state index is 13.0. The van der Waals surface area contributed by atoms with E-state index in [1.807, 2.05) is 47.4 Å². The largest absolute Gasteiger partial charge is 0.370 e. The van der Waals surface area contributed by atoms with Gasteiger partial charge in [0.25, 0.3) is 5.91 Å². The number of aromatic nitrogens is 1. The lowest BCUT2D eigenvalue weighted by molar-refractivity contribution is -0.114. The van der Waals surface area contributed by atoms with Gasteiger partial charge in [-0.3, -0.25) is 9.59 Å². The molecule has 27 heavy (non-hydrogen) atoms.